The molecule has 0 fully saturated rings. The number of benzene rings is 1. The van der Waals surface area contributed by atoms with E-state index in [0.717, 1.165) is 11.3 Å². The molecule has 0 radical (unpaired) electrons. The molecule has 0 aliphatic rings. The van der Waals surface area contributed by atoms with E-state index in [-0.39, 0.29) is 0 Å². The van der Waals surface area contributed by atoms with Gasteiger partial charge < -0.3 is 10.5 Å². The molecule has 0 aliphatic heterocycles. The minimum atomic E-state index is 0.507. The molecule has 72 valence electrons. The predicted octanol–water partition coefficient (Wildman–Crippen LogP) is 1.79. The summed E-state index contributed by atoms with van der Waals surface area (Å²) in [6, 6.07) is 7.60. The molecule has 0 saturated heterocycles. The summed E-state index contributed by atoms with van der Waals surface area (Å²) in [6.07, 6.45) is 0. The zero-order valence-electron chi connectivity index (χ0n) is 7.38. The van der Waals surface area contributed by atoms with Gasteiger partial charge in [0.25, 0.3) is 5.19 Å². The fourth-order valence-corrected chi connectivity index (χ4v) is 1.47. The molecule has 0 atom stereocenters. The smallest absolute Gasteiger partial charge is 0.299 e. The number of aromatic nitrogens is 2. The maximum atomic E-state index is 5.51. The molecular formula is C9H9N3OS. The van der Waals surface area contributed by atoms with Gasteiger partial charge in [-0.05, 0) is 17.7 Å². The van der Waals surface area contributed by atoms with E-state index in [0.29, 0.717) is 11.7 Å². The highest BCUT2D eigenvalue weighted by molar-refractivity contribution is 7.11. The highest BCUT2D eigenvalue weighted by Crippen LogP contribution is 2.22. The Bertz CT molecular complexity index is 402. The van der Waals surface area contributed by atoms with Gasteiger partial charge in [-0.2, -0.15) is 0 Å². The van der Waals surface area contributed by atoms with Crippen molar-refractivity contribution in [2.24, 2.45) is 5.73 Å². The van der Waals surface area contributed by atoms with Crippen molar-refractivity contribution < 1.29 is 4.74 Å². The first-order valence-corrected chi connectivity index (χ1v) is 4.99. The Labute approximate surface area is 85.4 Å². The van der Waals surface area contributed by atoms with Crippen LogP contribution in [0.25, 0.3) is 0 Å². The van der Waals surface area contributed by atoms with Crippen molar-refractivity contribution in [1.29, 1.82) is 0 Å². The summed E-state index contributed by atoms with van der Waals surface area (Å²) in [4.78, 5) is 0. The number of hydrogen-bond donors (Lipinski definition) is 1. The van der Waals surface area contributed by atoms with Gasteiger partial charge in [-0.15, -0.1) is 5.10 Å². The van der Waals surface area contributed by atoms with E-state index in [2.05, 4.69) is 10.2 Å². The maximum absolute atomic E-state index is 5.51. The van der Waals surface area contributed by atoms with Crippen molar-refractivity contribution in [1.82, 2.24) is 10.2 Å². The highest BCUT2D eigenvalue weighted by Gasteiger charge is 2.00. The second kappa shape index (κ2) is 4.17. The van der Waals surface area contributed by atoms with Crippen molar-refractivity contribution >= 4 is 11.3 Å². The van der Waals surface area contributed by atoms with E-state index in [4.69, 9.17) is 10.5 Å². The lowest BCUT2D eigenvalue weighted by molar-refractivity contribution is 0.472. The first-order chi connectivity index (χ1) is 6.88. The zero-order chi connectivity index (χ0) is 9.80. The number of nitrogens with two attached hydrogens (primary N) is 1. The molecule has 0 bridgehead atoms. The van der Waals surface area contributed by atoms with Crippen LogP contribution in [0, 0.1) is 0 Å². The zero-order valence-corrected chi connectivity index (χ0v) is 8.20. The van der Waals surface area contributed by atoms with Crippen LogP contribution in [-0.2, 0) is 6.54 Å². The first kappa shape index (κ1) is 9.11. The monoisotopic (exact) mass is 207 g/mol. The van der Waals surface area contributed by atoms with Gasteiger partial charge in [0, 0.05) is 6.54 Å². The topological polar surface area (TPSA) is 61.0 Å². The normalized spacial score (nSPS) is 10.1. The predicted molar refractivity (Wildman–Crippen MR) is 54.3 cm³/mol. The van der Waals surface area contributed by atoms with Gasteiger partial charge in [0.15, 0.2) is 0 Å². The Morgan fingerprint density at radius 3 is 3.07 bits per heavy atom. The van der Waals surface area contributed by atoms with Crippen LogP contribution in [0.15, 0.2) is 29.8 Å². The van der Waals surface area contributed by atoms with Crippen molar-refractivity contribution in [3.05, 3.63) is 35.3 Å². The second-order valence-corrected chi connectivity index (χ2v) is 3.45. The number of hydrogen-bond acceptors (Lipinski definition) is 5. The lowest BCUT2D eigenvalue weighted by atomic mass is 10.2. The van der Waals surface area contributed by atoms with Crippen LogP contribution in [0.2, 0.25) is 0 Å². The van der Waals surface area contributed by atoms with E-state index in [1.54, 1.807) is 5.51 Å². The lowest BCUT2D eigenvalue weighted by Gasteiger charge is -2.02. The van der Waals surface area contributed by atoms with Gasteiger partial charge in [-0.1, -0.05) is 28.6 Å². The van der Waals surface area contributed by atoms with Gasteiger partial charge in [0.05, 0.1) is 0 Å². The van der Waals surface area contributed by atoms with E-state index in [1.807, 2.05) is 24.3 Å². The Kier molecular flexibility index (Phi) is 2.71. The summed E-state index contributed by atoms with van der Waals surface area (Å²) in [5.74, 6) is 0.740. The average molecular weight is 207 g/mol. The van der Waals surface area contributed by atoms with Gasteiger partial charge >= 0.3 is 0 Å². The molecule has 0 unspecified atom stereocenters. The molecule has 1 heterocycles. The number of nitrogens with zero attached hydrogens (tertiary/aromatic N) is 2. The molecule has 0 amide bonds. The Morgan fingerprint density at radius 1 is 1.43 bits per heavy atom. The van der Waals surface area contributed by atoms with E-state index in [9.17, 15) is 0 Å². The fourth-order valence-electron chi connectivity index (χ4n) is 1.04. The summed E-state index contributed by atoms with van der Waals surface area (Å²) >= 11 is 1.36. The van der Waals surface area contributed by atoms with Gasteiger partial charge in [-0.3, -0.25) is 0 Å². The third kappa shape index (κ3) is 2.07. The summed E-state index contributed by atoms with van der Waals surface area (Å²) in [5.41, 5.74) is 8.17. The fraction of sp³-hybridized carbons (Fsp3) is 0.111. The van der Waals surface area contributed by atoms with E-state index >= 15 is 0 Å². The van der Waals surface area contributed by atoms with Gasteiger partial charge in [0.2, 0.25) is 0 Å². The molecule has 14 heavy (non-hydrogen) atoms. The second-order valence-electron chi connectivity index (χ2n) is 2.66. The van der Waals surface area contributed by atoms with Gasteiger partial charge in [0.1, 0.15) is 11.3 Å². The molecule has 4 nitrogen and oxygen atoms in total. The minimum absolute atomic E-state index is 0.507. The standard InChI is InChI=1S/C9H9N3OS/c10-5-7-2-1-3-8(4-7)13-9-12-11-6-14-9/h1-4,6H,5,10H2. The van der Waals surface area contributed by atoms with Crippen LogP contribution >= 0.6 is 11.3 Å². The number of ether oxygens (including phenoxy) is 1. The highest BCUT2D eigenvalue weighted by atomic mass is 32.1. The van der Waals surface area contributed by atoms with E-state index in [1.165, 1.54) is 11.3 Å². The molecule has 0 aliphatic carbocycles. The van der Waals surface area contributed by atoms with Crippen LogP contribution < -0.4 is 10.5 Å². The SMILES string of the molecule is NCc1cccc(Oc2nncs2)c1. The first-order valence-electron chi connectivity index (χ1n) is 4.11. The molecular weight excluding hydrogens is 198 g/mol. The van der Waals surface area contributed by atoms with Gasteiger partial charge in [-0.25, -0.2) is 0 Å². The molecule has 0 saturated carbocycles. The van der Waals surface area contributed by atoms with E-state index < -0.39 is 0 Å². The quantitative estimate of drug-likeness (QED) is 0.833. The largest absolute Gasteiger partial charge is 0.430 e. The van der Waals surface area contributed by atoms with Crippen LogP contribution in [0.5, 0.6) is 10.9 Å². The van der Waals surface area contributed by atoms with Crippen molar-refractivity contribution in [3.63, 3.8) is 0 Å². The lowest BCUT2D eigenvalue weighted by Crippen LogP contribution is -1.95. The Balaban J connectivity index is 2.17. The summed E-state index contributed by atoms with van der Waals surface area (Å²) in [5, 5.41) is 8.00. The van der Waals surface area contributed by atoms with Crippen molar-refractivity contribution in [2.45, 2.75) is 6.54 Å². The van der Waals surface area contributed by atoms with Crippen molar-refractivity contribution in [2.75, 3.05) is 0 Å². The molecule has 0 spiro atoms. The van der Waals surface area contributed by atoms with Crippen LogP contribution in [0.1, 0.15) is 5.56 Å². The molecule has 1 aromatic heterocycles. The molecule has 2 rings (SSSR count). The summed E-state index contributed by atoms with van der Waals surface area (Å²) < 4.78 is 5.45. The third-order valence-electron chi connectivity index (χ3n) is 1.68. The number of rotatable bonds is 3. The molecule has 2 N–H and O–H groups in total. The average Bonchev–Trinajstić information content (AvgIpc) is 2.71. The molecule has 5 heteroatoms. The Morgan fingerprint density at radius 2 is 2.36 bits per heavy atom. The van der Waals surface area contributed by atoms with Crippen LogP contribution in [0.4, 0.5) is 0 Å². The molecule has 2 aromatic rings. The summed E-state index contributed by atoms with van der Waals surface area (Å²) in [6.45, 7) is 0.507. The Hall–Kier alpha value is -1.46. The maximum Gasteiger partial charge on any atom is 0.299 e. The van der Waals surface area contributed by atoms with Crippen LogP contribution in [0.3, 0.4) is 0 Å². The molecule has 1 aromatic carbocycles. The summed E-state index contributed by atoms with van der Waals surface area (Å²) in [7, 11) is 0. The minimum Gasteiger partial charge on any atom is -0.430 e. The van der Waals surface area contributed by atoms with Crippen LogP contribution in [-0.4, -0.2) is 10.2 Å². The third-order valence-corrected chi connectivity index (χ3v) is 2.25. The van der Waals surface area contributed by atoms with Crippen molar-refractivity contribution in [3.8, 4) is 10.9 Å².